The second-order valence-electron chi connectivity index (χ2n) is 5.38. The molecule has 2 aromatic heterocycles. The number of rotatable bonds is 4. The van der Waals surface area contributed by atoms with Crippen molar-refractivity contribution in [3.8, 4) is 11.3 Å². The fourth-order valence-electron chi connectivity index (χ4n) is 2.55. The zero-order chi connectivity index (χ0) is 16.4. The zero-order valence-corrected chi connectivity index (χ0v) is 13.5. The van der Waals surface area contributed by atoms with Crippen LogP contribution in [-0.2, 0) is 6.54 Å². The molecule has 0 atom stereocenters. The number of benzene rings is 2. The normalized spacial score (nSPS) is 10.9. The molecule has 0 fully saturated rings. The minimum absolute atomic E-state index is 0.560. The van der Waals surface area contributed by atoms with Crippen molar-refractivity contribution in [3.63, 3.8) is 0 Å². The highest BCUT2D eigenvalue weighted by atomic mass is 35.5. The Hall–Kier alpha value is -2.92. The molecule has 0 aliphatic carbocycles. The van der Waals surface area contributed by atoms with Crippen LogP contribution in [-0.4, -0.2) is 19.6 Å². The Balaban J connectivity index is 1.70. The number of halogens is 1. The highest BCUT2D eigenvalue weighted by Crippen LogP contribution is 2.22. The second kappa shape index (κ2) is 6.29. The van der Waals surface area contributed by atoms with E-state index in [-0.39, 0.29) is 0 Å². The third-order valence-electron chi connectivity index (χ3n) is 3.72. The van der Waals surface area contributed by atoms with Crippen LogP contribution >= 0.6 is 11.6 Å². The summed E-state index contributed by atoms with van der Waals surface area (Å²) < 4.78 is 1.83. The molecule has 0 bridgehead atoms. The van der Waals surface area contributed by atoms with Gasteiger partial charge in [0.1, 0.15) is 12.1 Å². The molecular weight excluding hydrogens is 322 g/mol. The molecule has 0 unspecified atom stereocenters. The van der Waals surface area contributed by atoms with Crippen molar-refractivity contribution in [2.45, 2.75) is 6.54 Å². The van der Waals surface area contributed by atoms with E-state index in [9.17, 15) is 0 Å². The van der Waals surface area contributed by atoms with E-state index in [0.717, 1.165) is 27.7 Å². The van der Waals surface area contributed by atoms with E-state index in [1.807, 2.05) is 65.1 Å². The van der Waals surface area contributed by atoms with Gasteiger partial charge in [0.25, 0.3) is 5.78 Å². The molecule has 0 spiro atoms. The van der Waals surface area contributed by atoms with Crippen LogP contribution in [0.25, 0.3) is 17.0 Å². The first-order valence-corrected chi connectivity index (χ1v) is 7.92. The lowest BCUT2D eigenvalue weighted by atomic mass is 10.1. The summed E-state index contributed by atoms with van der Waals surface area (Å²) in [6, 6.07) is 19.8. The molecule has 24 heavy (non-hydrogen) atoms. The average molecular weight is 336 g/mol. The molecule has 5 nitrogen and oxygen atoms in total. The molecule has 0 amide bonds. The monoisotopic (exact) mass is 335 g/mol. The molecule has 0 aliphatic rings. The van der Waals surface area contributed by atoms with E-state index in [4.69, 9.17) is 11.6 Å². The molecule has 4 aromatic rings. The summed E-state index contributed by atoms with van der Waals surface area (Å²) in [5, 5.41) is 12.2. The number of hydrogen-bond donors (Lipinski definition) is 1. The summed E-state index contributed by atoms with van der Waals surface area (Å²) in [6.07, 6.45) is 1.65. The van der Waals surface area contributed by atoms with Gasteiger partial charge in [-0.15, -0.1) is 10.2 Å². The number of nitrogens with zero attached hydrogens (tertiary/aromatic N) is 4. The van der Waals surface area contributed by atoms with Crippen molar-refractivity contribution < 1.29 is 0 Å². The Bertz CT molecular complexity index is 981. The quantitative estimate of drug-likeness (QED) is 0.611. The Labute approximate surface area is 144 Å². The van der Waals surface area contributed by atoms with E-state index in [0.29, 0.717) is 12.3 Å². The van der Waals surface area contributed by atoms with Gasteiger partial charge >= 0.3 is 0 Å². The van der Waals surface area contributed by atoms with Crippen molar-refractivity contribution >= 4 is 23.2 Å². The first kappa shape index (κ1) is 14.7. The van der Waals surface area contributed by atoms with Crippen molar-refractivity contribution in [1.29, 1.82) is 0 Å². The van der Waals surface area contributed by atoms with Gasteiger partial charge in [0, 0.05) is 23.2 Å². The van der Waals surface area contributed by atoms with Crippen LogP contribution in [0.5, 0.6) is 0 Å². The van der Waals surface area contributed by atoms with Gasteiger partial charge in [-0.2, -0.15) is 0 Å². The summed E-state index contributed by atoms with van der Waals surface area (Å²) in [5.74, 6) is 1.44. The van der Waals surface area contributed by atoms with Gasteiger partial charge in [-0.05, 0) is 17.7 Å². The Morgan fingerprint density at radius 3 is 2.71 bits per heavy atom. The van der Waals surface area contributed by atoms with Gasteiger partial charge in [-0.25, -0.2) is 4.98 Å². The Kier molecular flexibility index (Phi) is 3.84. The maximum absolute atomic E-state index is 6.05. The number of nitrogens with one attached hydrogen (secondary N) is 1. The first-order chi connectivity index (χ1) is 11.8. The number of anilines is 1. The molecule has 0 aliphatic heterocycles. The van der Waals surface area contributed by atoms with E-state index < -0.39 is 0 Å². The van der Waals surface area contributed by atoms with Crippen LogP contribution in [0.15, 0.2) is 67.0 Å². The Morgan fingerprint density at radius 2 is 1.88 bits per heavy atom. The van der Waals surface area contributed by atoms with Gasteiger partial charge < -0.3 is 5.32 Å². The maximum Gasteiger partial charge on any atom is 0.256 e. The molecule has 1 N–H and O–H groups in total. The fourth-order valence-corrected chi connectivity index (χ4v) is 2.76. The number of hydrogen-bond acceptors (Lipinski definition) is 4. The van der Waals surface area contributed by atoms with Gasteiger partial charge in [-0.1, -0.05) is 54.1 Å². The van der Waals surface area contributed by atoms with Crippen LogP contribution in [0.3, 0.4) is 0 Å². The summed E-state index contributed by atoms with van der Waals surface area (Å²) in [5.41, 5.74) is 2.99. The van der Waals surface area contributed by atoms with Gasteiger partial charge in [0.05, 0.1) is 5.69 Å². The molecule has 118 valence electrons. The zero-order valence-electron chi connectivity index (χ0n) is 12.7. The summed E-state index contributed by atoms with van der Waals surface area (Å²) in [7, 11) is 0. The topological polar surface area (TPSA) is 55.1 Å². The molecule has 2 aromatic carbocycles. The smallest absolute Gasteiger partial charge is 0.256 e. The van der Waals surface area contributed by atoms with E-state index >= 15 is 0 Å². The minimum atomic E-state index is 0.560. The second-order valence-corrected chi connectivity index (χ2v) is 5.81. The maximum atomic E-state index is 6.05. The molecule has 4 rings (SSSR count). The lowest BCUT2D eigenvalue weighted by Gasteiger charge is -2.11. The highest BCUT2D eigenvalue weighted by molar-refractivity contribution is 6.30. The lowest BCUT2D eigenvalue weighted by molar-refractivity contribution is 1.05. The first-order valence-electron chi connectivity index (χ1n) is 7.54. The predicted molar refractivity (Wildman–Crippen MR) is 95.0 cm³/mol. The Morgan fingerprint density at radius 1 is 1.00 bits per heavy atom. The fraction of sp³-hybridized carbons (Fsp3) is 0.0556. The molecule has 6 heteroatoms. The van der Waals surface area contributed by atoms with Gasteiger partial charge in [0.15, 0.2) is 0 Å². The van der Waals surface area contributed by atoms with Gasteiger partial charge in [-0.3, -0.25) is 4.40 Å². The lowest BCUT2D eigenvalue weighted by Crippen LogP contribution is -2.05. The molecular formula is C18H14ClN5. The van der Waals surface area contributed by atoms with Crippen molar-refractivity contribution in [1.82, 2.24) is 19.6 Å². The van der Waals surface area contributed by atoms with Crippen LogP contribution in [0.4, 0.5) is 5.82 Å². The number of fused-ring (bicyclic) bond motifs is 1. The summed E-state index contributed by atoms with van der Waals surface area (Å²) in [6.45, 7) is 0.645. The van der Waals surface area contributed by atoms with Crippen molar-refractivity contribution in [3.05, 3.63) is 77.6 Å². The number of aromatic nitrogens is 4. The van der Waals surface area contributed by atoms with Crippen LogP contribution in [0.1, 0.15) is 5.56 Å². The standard InChI is InChI=1S/C18H14ClN5/c19-15-8-4-5-13(9-15)11-20-17-10-16(14-6-2-1-3-7-14)22-18-23-21-12-24(17)18/h1-10,12,20H,11H2. The van der Waals surface area contributed by atoms with Crippen molar-refractivity contribution in [2.24, 2.45) is 0 Å². The minimum Gasteiger partial charge on any atom is -0.367 e. The average Bonchev–Trinajstić information content (AvgIpc) is 3.09. The molecule has 0 saturated heterocycles. The summed E-state index contributed by atoms with van der Waals surface area (Å²) >= 11 is 6.05. The van der Waals surface area contributed by atoms with Crippen LogP contribution in [0.2, 0.25) is 5.02 Å². The SMILES string of the molecule is Clc1cccc(CNc2cc(-c3ccccc3)nc3nncn23)c1. The van der Waals surface area contributed by atoms with E-state index in [1.165, 1.54) is 0 Å². The highest BCUT2D eigenvalue weighted by Gasteiger charge is 2.08. The van der Waals surface area contributed by atoms with Crippen LogP contribution in [0, 0.1) is 0 Å². The van der Waals surface area contributed by atoms with E-state index in [2.05, 4.69) is 20.5 Å². The van der Waals surface area contributed by atoms with E-state index in [1.54, 1.807) is 6.33 Å². The van der Waals surface area contributed by atoms with Gasteiger partial charge in [0.2, 0.25) is 0 Å². The van der Waals surface area contributed by atoms with Crippen molar-refractivity contribution in [2.75, 3.05) is 5.32 Å². The molecule has 0 radical (unpaired) electrons. The van der Waals surface area contributed by atoms with Crippen LogP contribution < -0.4 is 5.32 Å². The third-order valence-corrected chi connectivity index (χ3v) is 3.95. The summed E-state index contributed by atoms with van der Waals surface area (Å²) in [4.78, 5) is 4.56. The third kappa shape index (κ3) is 2.94. The largest absolute Gasteiger partial charge is 0.367 e. The molecule has 2 heterocycles. The predicted octanol–water partition coefficient (Wildman–Crippen LogP) is 4.06. The molecule has 0 saturated carbocycles.